The first-order valence-electron chi connectivity index (χ1n) is 5.81. The minimum atomic E-state index is -0.331. The van der Waals surface area contributed by atoms with Crippen molar-refractivity contribution in [2.24, 2.45) is 0 Å². The topological polar surface area (TPSA) is 42.0 Å². The van der Waals surface area contributed by atoms with E-state index in [9.17, 15) is 9.18 Å². The molecule has 0 atom stereocenters. The van der Waals surface area contributed by atoms with Crippen LogP contribution in [0.25, 0.3) is 6.08 Å². The zero-order valence-corrected chi connectivity index (χ0v) is 10.4. The van der Waals surface area contributed by atoms with Crippen molar-refractivity contribution in [3.8, 4) is 0 Å². The molecule has 3 nitrogen and oxygen atoms in total. The van der Waals surface area contributed by atoms with Gasteiger partial charge in [0.2, 0.25) is 5.91 Å². The molecule has 4 heteroatoms. The number of carbonyl (C=O) groups excluding carboxylic acids is 1. The minimum Gasteiger partial charge on any atom is -0.307 e. The van der Waals surface area contributed by atoms with Crippen LogP contribution in [0.3, 0.4) is 0 Å². The van der Waals surface area contributed by atoms with E-state index in [4.69, 9.17) is 0 Å². The quantitative estimate of drug-likeness (QED) is 0.857. The fraction of sp³-hybridized carbons (Fsp3) is 0.0667. The maximum Gasteiger partial charge on any atom is 0.249 e. The Morgan fingerprint density at radius 2 is 2.16 bits per heavy atom. The van der Waals surface area contributed by atoms with Crippen LogP contribution >= 0.6 is 0 Å². The Hall–Kier alpha value is -2.49. The third-order valence-electron chi connectivity index (χ3n) is 2.44. The molecule has 0 aliphatic carbocycles. The SMILES string of the molecule is Cc1ccc(NC(=O)/C=C/c2cccc(F)c2)nc1. The second-order valence-electron chi connectivity index (χ2n) is 4.10. The molecule has 0 fully saturated rings. The minimum absolute atomic E-state index is 0.305. The maximum atomic E-state index is 12.9. The van der Waals surface area contributed by atoms with E-state index in [0.717, 1.165) is 5.56 Å². The Bertz CT molecular complexity index is 606. The van der Waals surface area contributed by atoms with Crippen molar-refractivity contribution in [1.82, 2.24) is 4.98 Å². The first kappa shape index (κ1) is 13.0. The summed E-state index contributed by atoms with van der Waals surface area (Å²) in [7, 11) is 0. The summed E-state index contributed by atoms with van der Waals surface area (Å²) in [6.07, 6.45) is 4.56. The van der Waals surface area contributed by atoms with Gasteiger partial charge in [-0.1, -0.05) is 18.2 Å². The Labute approximate surface area is 110 Å². The van der Waals surface area contributed by atoms with Crippen LogP contribution in [0.2, 0.25) is 0 Å². The zero-order valence-electron chi connectivity index (χ0n) is 10.4. The van der Waals surface area contributed by atoms with Gasteiger partial charge in [0.05, 0.1) is 0 Å². The summed E-state index contributed by atoms with van der Waals surface area (Å²) in [5.41, 5.74) is 1.65. The number of halogens is 1. The lowest BCUT2D eigenvalue weighted by molar-refractivity contribution is -0.111. The standard InChI is InChI=1S/C15H13FN2O/c1-11-5-7-14(17-10-11)18-15(19)8-6-12-3-2-4-13(16)9-12/h2-10H,1H3,(H,17,18,19)/b8-6+. The van der Waals surface area contributed by atoms with E-state index < -0.39 is 0 Å². The molecule has 2 rings (SSSR count). The fourth-order valence-corrected chi connectivity index (χ4v) is 1.49. The molecule has 2 aromatic rings. The predicted molar refractivity (Wildman–Crippen MR) is 73.0 cm³/mol. The monoisotopic (exact) mass is 256 g/mol. The molecule has 1 aromatic heterocycles. The Balaban J connectivity index is 1.99. The van der Waals surface area contributed by atoms with Gasteiger partial charge in [0.25, 0.3) is 0 Å². The average Bonchev–Trinajstić information content (AvgIpc) is 2.39. The van der Waals surface area contributed by atoms with Crippen LogP contribution in [-0.2, 0) is 4.79 Å². The van der Waals surface area contributed by atoms with Crippen molar-refractivity contribution in [2.45, 2.75) is 6.92 Å². The Kier molecular flexibility index (Phi) is 4.03. The van der Waals surface area contributed by atoms with Gasteiger partial charge in [0.1, 0.15) is 11.6 Å². The predicted octanol–water partition coefficient (Wildman–Crippen LogP) is 3.18. The van der Waals surface area contributed by atoms with Crippen LogP contribution in [0.15, 0.2) is 48.7 Å². The molecule has 0 aliphatic heterocycles. The Morgan fingerprint density at radius 3 is 2.84 bits per heavy atom. The normalized spacial score (nSPS) is 10.6. The van der Waals surface area contributed by atoms with Crippen molar-refractivity contribution < 1.29 is 9.18 Å². The van der Waals surface area contributed by atoms with Crippen molar-refractivity contribution >= 4 is 17.8 Å². The number of nitrogens with one attached hydrogen (secondary N) is 1. The van der Waals surface area contributed by atoms with Crippen molar-refractivity contribution in [3.63, 3.8) is 0 Å². The third-order valence-corrected chi connectivity index (χ3v) is 2.44. The van der Waals surface area contributed by atoms with Crippen LogP contribution in [0.4, 0.5) is 10.2 Å². The van der Waals surface area contributed by atoms with E-state index in [1.807, 2.05) is 13.0 Å². The van der Waals surface area contributed by atoms with E-state index in [2.05, 4.69) is 10.3 Å². The molecule has 1 amide bonds. The lowest BCUT2D eigenvalue weighted by Crippen LogP contribution is -2.08. The van der Waals surface area contributed by atoms with Crippen LogP contribution < -0.4 is 5.32 Å². The summed E-state index contributed by atoms with van der Waals surface area (Å²) in [5.74, 6) is -0.150. The number of benzene rings is 1. The number of aromatic nitrogens is 1. The molecule has 0 unspecified atom stereocenters. The Morgan fingerprint density at radius 1 is 1.32 bits per heavy atom. The number of aryl methyl sites for hydroxylation is 1. The van der Waals surface area contributed by atoms with Gasteiger partial charge in [-0.2, -0.15) is 0 Å². The molecule has 0 aliphatic rings. The number of nitrogens with zero attached hydrogens (tertiary/aromatic N) is 1. The number of carbonyl (C=O) groups is 1. The molecule has 0 bridgehead atoms. The number of amides is 1. The van der Waals surface area contributed by atoms with E-state index in [0.29, 0.717) is 11.4 Å². The van der Waals surface area contributed by atoms with Crippen LogP contribution in [-0.4, -0.2) is 10.9 Å². The maximum absolute atomic E-state index is 12.9. The molecule has 19 heavy (non-hydrogen) atoms. The number of hydrogen-bond acceptors (Lipinski definition) is 2. The summed E-state index contributed by atoms with van der Waals surface area (Å²) >= 11 is 0. The van der Waals surface area contributed by atoms with E-state index in [-0.39, 0.29) is 11.7 Å². The molecule has 0 radical (unpaired) electrons. The fourth-order valence-electron chi connectivity index (χ4n) is 1.49. The van der Waals surface area contributed by atoms with Crippen molar-refractivity contribution in [3.05, 3.63) is 65.6 Å². The van der Waals surface area contributed by atoms with Gasteiger partial charge < -0.3 is 5.32 Å². The zero-order chi connectivity index (χ0) is 13.7. The smallest absolute Gasteiger partial charge is 0.249 e. The first-order chi connectivity index (χ1) is 9.13. The highest BCUT2D eigenvalue weighted by atomic mass is 19.1. The second kappa shape index (κ2) is 5.91. The van der Waals surface area contributed by atoms with Gasteiger partial charge >= 0.3 is 0 Å². The van der Waals surface area contributed by atoms with Gasteiger partial charge in [-0.15, -0.1) is 0 Å². The van der Waals surface area contributed by atoms with Crippen LogP contribution in [0.5, 0.6) is 0 Å². The van der Waals surface area contributed by atoms with Gasteiger partial charge in [0, 0.05) is 12.3 Å². The molecular weight excluding hydrogens is 243 g/mol. The number of hydrogen-bond donors (Lipinski definition) is 1. The summed E-state index contributed by atoms with van der Waals surface area (Å²) in [6, 6.07) is 9.61. The molecule has 96 valence electrons. The first-order valence-corrected chi connectivity index (χ1v) is 5.81. The highest BCUT2D eigenvalue weighted by Gasteiger charge is 1.98. The lowest BCUT2D eigenvalue weighted by atomic mass is 10.2. The molecule has 1 heterocycles. The number of pyridine rings is 1. The third kappa shape index (κ3) is 4.03. The summed E-state index contributed by atoms with van der Waals surface area (Å²) in [4.78, 5) is 15.7. The molecule has 0 saturated heterocycles. The highest BCUT2D eigenvalue weighted by molar-refractivity contribution is 6.01. The largest absolute Gasteiger partial charge is 0.307 e. The second-order valence-corrected chi connectivity index (χ2v) is 4.10. The summed E-state index contributed by atoms with van der Waals surface area (Å²) < 4.78 is 12.9. The lowest BCUT2D eigenvalue weighted by Gasteiger charge is -2.01. The van der Waals surface area contributed by atoms with Gasteiger partial charge in [-0.25, -0.2) is 9.37 Å². The summed E-state index contributed by atoms with van der Waals surface area (Å²) in [5, 5.41) is 2.62. The highest BCUT2D eigenvalue weighted by Crippen LogP contribution is 2.07. The molecule has 0 saturated carbocycles. The van der Waals surface area contributed by atoms with Crippen molar-refractivity contribution in [1.29, 1.82) is 0 Å². The summed E-state index contributed by atoms with van der Waals surface area (Å²) in [6.45, 7) is 1.92. The number of rotatable bonds is 3. The van der Waals surface area contributed by atoms with Gasteiger partial charge in [-0.05, 0) is 42.3 Å². The number of anilines is 1. The van der Waals surface area contributed by atoms with Gasteiger partial charge in [0.15, 0.2) is 0 Å². The van der Waals surface area contributed by atoms with E-state index in [1.165, 1.54) is 18.2 Å². The molecular formula is C15H13FN2O. The average molecular weight is 256 g/mol. The van der Waals surface area contributed by atoms with Crippen LogP contribution in [0.1, 0.15) is 11.1 Å². The van der Waals surface area contributed by atoms with Gasteiger partial charge in [-0.3, -0.25) is 4.79 Å². The molecule has 0 spiro atoms. The molecule has 1 N–H and O–H groups in total. The van der Waals surface area contributed by atoms with E-state index >= 15 is 0 Å². The van der Waals surface area contributed by atoms with E-state index in [1.54, 1.807) is 30.5 Å². The molecule has 1 aromatic carbocycles. The van der Waals surface area contributed by atoms with Crippen LogP contribution in [0, 0.1) is 12.7 Å². The van der Waals surface area contributed by atoms with Crippen molar-refractivity contribution in [2.75, 3.05) is 5.32 Å².